The molecule has 1 amide bonds. The zero-order valence-corrected chi connectivity index (χ0v) is 12.5. The van der Waals surface area contributed by atoms with E-state index >= 15 is 0 Å². The van der Waals surface area contributed by atoms with Crippen molar-refractivity contribution in [3.8, 4) is 0 Å². The molecule has 0 fully saturated rings. The molecule has 2 heterocycles. The second-order valence-electron chi connectivity index (χ2n) is 4.80. The molecular formula is C15H14BrN3O. The van der Waals surface area contributed by atoms with E-state index in [2.05, 4.69) is 31.5 Å². The van der Waals surface area contributed by atoms with Crippen molar-refractivity contribution in [3.63, 3.8) is 0 Å². The Morgan fingerprint density at radius 2 is 2.20 bits per heavy atom. The minimum absolute atomic E-state index is 0.00289. The van der Waals surface area contributed by atoms with E-state index in [9.17, 15) is 4.79 Å². The molecular weight excluding hydrogens is 318 g/mol. The van der Waals surface area contributed by atoms with E-state index in [0.29, 0.717) is 0 Å². The number of anilines is 1. The molecule has 3 rings (SSSR count). The summed E-state index contributed by atoms with van der Waals surface area (Å²) in [5, 5.41) is 6.22. The first-order chi connectivity index (χ1) is 9.65. The predicted octanol–water partition coefficient (Wildman–Crippen LogP) is 3.19. The van der Waals surface area contributed by atoms with Gasteiger partial charge in [0, 0.05) is 28.0 Å². The van der Waals surface area contributed by atoms with Crippen molar-refractivity contribution in [3.05, 3.63) is 58.3 Å². The molecule has 1 aliphatic heterocycles. The molecule has 1 aromatic carbocycles. The highest BCUT2D eigenvalue weighted by atomic mass is 79.9. The summed E-state index contributed by atoms with van der Waals surface area (Å²) in [5.74, 6) is -0.0270. The average molecular weight is 332 g/mol. The van der Waals surface area contributed by atoms with Crippen LogP contribution in [0.25, 0.3) is 0 Å². The number of nitrogens with zero attached hydrogens (tertiary/aromatic N) is 1. The number of fused-ring (bicyclic) bond motifs is 1. The van der Waals surface area contributed by atoms with Crippen LogP contribution in [0.3, 0.4) is 0 Å². The van der Waals surface area contributed by atoms with Gasteiger partial charge >= 0.3 is 0 Å². The topological polar surface area (TPSA) is 54.0 Å². The zero-order valence-electron chi connectivity index (χ0n) is 10.9. The van der Waals surface area contributed by atoms with Gasteiger partial charge in [0.2, 0.25) is 5.91 Å². The molecule has 0 radical (unpaired) electrons. The number of amides is 1. The third-order valence-corrected chi connectivity index (χ3v) is 3.89. The quantitative estimate of drug-likeness (QED) is 0.908. The van der Waals surface area contributed by atoms with Crippen LogP contribution in [0.1, 0.15) is 30.3 Å². The largest absolute Gasteiger partial charge is 0.324 e. The van der Waals surface area contributed by atoms with Crippen molar-refractivity contribution < 1.29 is 4.79 Å². The standard InChI is InChI=1S/C15H14BrN3O/c1-9(12-4-2-3-7-17-12)18-14-11-8-10(16)5-6-13(11)19-15(14)20/h2-9,14,18H,1H3,(H,19,20). The maximum Gasteiger partial charge on any atom is 0.246 e. The Morgan fingerprint density at radius 3 is 2.95 bits per heavy atom. The Balaban J connectivity index is 1.85. The summed E-state index contributed by atoms with van der Waals surface area (Å²) in [6, 6.07) is 11.2. The molecule has 0 spiro atoms. The van der Waals surface area contributed by atoms with Crippen LogP contribution in [-0.2, 0) is 4.79 Å². The fourth-order valence-electron chi connectivity index (χ4n) is 2.37. The van der Waals surface area contributed by atoms with E-state index in [-0.39, 0.29) is 18.0 Å². The van der Waals surface area contributed by atoms with Crippen molar-refractivity contribution in [2.45, 2.75) is 19.0 Å². The van der Waals surface area contributed by atoms with Gasteiger partial charge in [-0.15, -0.1) is 0 Å². The molecule has 102 valence electrons. The van der Waals surface area contributed by atoms with E-state index < -0.39 is 0 Å². The molecule has 0 saturated heterocycles. The summed E-state index contributed by atoms with van der Waals surface area (Å²) in [6.45, 7) is 2.01. The van der Waals surface area contributed by atoms with Gasteiger partial charge < -0.3 is 5.32 Å². The first-order valence-corrected chi connectivity index (χ1v) is 7.22. The number of carbonyl (C=O) groups excluding carboxylic acids is 1. The van der Waals surface area contributed by atoms with E-state index in [1.54, 1.807) is 6.20 Å². The Morgan fingerprint density at radius 1 is 1.35 bits per heavy atom. The zero-order chi connectivity index (χ0) is 14.1. The lowest BCUT2D eigenvalue weighted by Crippen LogP contribution is -2.30. The van der Waals surface area contributed by atoms with Crippen molar-refractivity contribution in [2.24, 2.45) is 0 Å². The maximum absolute atomic E-state index is 12.1. The fraction of sp³-hybridized carbons (Fsp3) is 0.200. The number of hydrogen-bond donors (Lipinski definition) is 2. The third kappa shape index (κ3) is 2.46. The number of nitrogens with one attached hydrogen (secondary N) is 2. The number of pyridine rings is 1. The van der Waals surface area contributed by atoms with Gasteiger partial charge in [0.15, 0.2) is 0 Å². The highest BCUT2D eigenvalue weighted by Crippen LogP contribution is 2.34. The van der Waals surface area contributed by atoms with Crippen molar-refractivity contribution >= 4 is 27.5 Å². The molecule has 1 aliphatic rings. The number of carbonyl (C=O) groups is 1. The van der Waals surface area contributed by atoms with Crippen LogP contribution >= 0.6 is 15.9 Å². The van der Waals surface area contributed by atoms with Gasteiger partial charge in [0.25, 0.3) is 0 Å². The summed E-state index contributed by atoms with van der Waals surface area (Å²) in [4.78, 5) is 16.4. The first-order valence-electron chi connectivity index (χ1n) is 6.42. The van der Waals surface area contributed by atoms with E-state index in [1.165, 1.54) is 0 Å². The number of halogens is 1. The highest BCUT2D eigenvalue weighted by molar-refractivity contribution is 9.10. The minimum Gasteiger partial charge on any atom is -0.324 e. The van der Waals surface area contributed by atoms with Gasteiger partial charge in [0.1, 0.15) is 6.04 Å². The molecule has 0 aliphatic carbocycles. The summed E-state index contributed by atoms with van der Waals surface area (Å²) in [6.07, 6.45) is 1.76. The third-order valence-electron chi connectivity index (χ3n) is 3.39. The molecule has 0 bridgehead atoms. The monoisotopic (exact) mass is 331 g/mol. The average Bonchev–Trinajstić information content (AvgIpc) is 2.76. The lowest BCUT2D eigenvalue weighted by Gasteiger charge is -2.18. The van der Waals surface area contributed by atoms with Crippen LogP contribution in [0.4, 0.5) is 5.69 Å². The Labute approximate surface area is 125 Å². The fourth-order valence-corrected chi connectivity index (χ4v) is 2.74. The van der Waals surface area contributed by atoms with Crippen molar-refractivity contribution in [2.75, 3.05) is 5.32 Å². The predicted molar refractivity (Wildman–Crippen MR) is 81.3 cm³/mol. The van der Waals surface area contributed by atoms with Crippen LogP contribution in [0.5, 0.6) is 0 Å². The van der Waals surface area contributed by atoms with Crippen LogP contribution in [0.2, 0.25) is 0 Å². The number of benzene rings is 1. The molecule has 0 saturated carbocycles. The summed E-state index contributed by atoms with van der Waals surface area (Å²) < 4.78 is 0.963. The smallest absolute Gasteiger partial charge is 0.246 e. The Hall–Kier alpha value is -1.72. The number of hydrogen-bond acceptors (Lipinski definition) is 3. The molecule has 4 nitrogen and oxygen atoms in total. The van der Waals surface area contributed by atoms with Crippen LogP contribution in [0.15, 0.2) is 47.1 Å². The van der Waals surface area contributed by atoms with Gasteiger partial charge in [-0.05, 0) is 37.3 Å². The molecule has 2 unspecified atom stereocenters. The van der Waals surface area contributed by atoms with Crippen LogP contribution < -0.4 is 10.6 Å². The first kappa shape index (κ1) is 13.3. The van der Waals surface area contributed by atoms with Gasteiger partial charge in [-0.3, -0.25) is 15.1 Å². The minimum atomic E-state index is -0.348. The van der Waals surface area contributed by atoms with Gasteiger partial charge in [0.05, 0.1) is 5.69 Å². The van der Waals surface area contributed by atoms with Gasteiger partial charge in [-0.25, -0.2) is 0 Å². The van der Waals surface area contributed by atoms with E-state index in [1.807, 2.05) is 43.3 Å². The second-order valence-corrected chi connectivity index (χ2v) is 5.71. The van der Waals surface area contributed by atoms with E-state index in [4.69, 9.17) is 0 Å². The van der Waals surface area contributed by atoms with Gasteiger partial charge in [-0.2, -0.15) is 0 Å². The van der Waals surface area contributed by atoms with E-state index in [0.717, 1.165) is 21.4 Å². The molecule has 2 N–H and O–H groups in total. The number of rotatable bonds is 3. The lowest BCUT2D eigenvalue weighted by atomic mass is 10.1. The molecule has 20 heavy (non-hydrogen) atoms. The van der Waals surface area contributed by atoms with Crippen molar-refractivity contribution in [1.29, 1.82) is 0 Å². The highest BCUT2D eigenvalue weighted by Gasteiger charge is 2.31. The van der Waals surface area contributed by atoms with Crippen molar-refractivity contribution in [1.82, 2.24) is 10.3 Å². The summed E-state index contributed by atoms with van der Waals surface area (Å²) in [7, 11) is 0. The lowest BCUT2D eigenvalue weighted by molar-refractivity contribution is -0.117. The van der Waals surface area contributed by atoms with Gasteiger partial charge in [-0.1, -0.05) is 22.0 Å². The van der Waals surface area contributed by atoms with Crippen LogP contribution in [0, 0.1) is 0 Å². The molecule has 2 aromatic rings. The Kier molecular flexibility index (Phi) is 3.54. The normalized spacial score (nSPS) is 18.5. The molecule has 2 atom stereocenters. The maximum atomic E-state index is 12.1. The SMILES string of the molecule is CC(NC1C(=O)Nc2ccc(Br)cc21)c1ccccn1. The van der Waals surface area contributed by atoms with Crippen LogP contribution in [-0.4, -0.2) is 10.9 Å². The molecule has 1 aromatic heterocycles. The summed E-state index contributed by atoms with van der Waals surface area (Å²) in [5.41, 5.74) is 2.75. The Bertz CT molecular complexity index is 645. The molecule has 5 heteroatoms. The summed E-state index contributed by atoms with van der Waals surface area (Å²) >= 11 is 3.44. The second kappa shape index (κ2) is 5.34. The number of aromatic nitrogens is 1.